The Hall–Kier alpha value is -2.44. The lowest BCUT2D eigenvalue weighted by molar-refractivity contribution is -0.132. The predicted octanol–water partition coefficient (Wildman–Crippen LogP) is 3.24. The number of aromatic nitrogens is 1. The van der Waals surface area contributed by atoms with Gasteiger partial charge in [0.25, 0.3) is 11.8 Å². The largest absolute Gasteiger partial charge is 0.351 e. The van der Waals surface area contributed by atoms with E-state index >= 15 is 0 Å². The Bertz CT molecular complexity index is 923. The van der Waals surface area contributed by atoms with E-state index in [0.717, 1.165) is 16.5 Å². The predicted molar refractivity (Wildman–Crippen MR) is 97.8 cm³/mol. The van der Waals surface area contributed by atoms with Crippen LogP contribution in [-0.2, 0) is 4.79 Å². The molecule has 1 aromatic heterocycles. The van der Waals surface area contributed by atoms with Crippen molar-refractivity contribution in [2.75, 3.05) is 13.1 Å². The number of rotatable bonds is 4. The smallest absolute Gasteiger partial charge is 0.268 e. The van der Waals surface area contributed by atoms with Gasteiger partial charge < -0.3 is 15.2 Å². The molecule has 2 aromatic rings. The summed E-state index contributed by atoms with van der Waals surface area (Å²) in [6.07, 6.45) is 0.600. The third-order valence-electron chi connectivity index (χ3n) is 5.91. The van der Waals surface area contributed by atoms with Gasteiger partial charge in [0.05, 0.1) is 5.41 Å². The molecule has 2 heterocycles. The highest BCUT2D eigenvalue weighted by Gasteiger charge is 2.73. The fourth-order valence-electron chi connectivity index (χ4n) is 4.05. The van der Waals surface area contributed by atoms with Crippen molar-refractivity contribution in [3.05, 3.63) is 35.5 Å². The number of nitrogens with zero attached hydrogens (tertiary/aromatic N) is 1. The van der Waals surface area contributed by atoms with Crippen molar-refractivity contribution in [1.82, 2.24) is 15.2 Å². The molecule has 2 aliphatic rings. The number of alkyl halides is 2. The van der Waals surface area contributed by atoms with Crippen molar-refractivity contribution < 1.29 is 18.4 Å². The molecular formula is C20H23F2N3O2. The maximum atomic E-state index is 13.6. The van der Waals surface area contributed by atoms with Crippen LogP contribution in [0, 0.1) is 12.3 Å². The van der Waals surface area contributed by atoms with Crippen molar-refractivity contribution in [2.45, 2.75) is 45.1 Å². The molecule has 2 atom stereocenters. The number of amides is 2. The molecule has 1 saturated heterocycles. The minimum absolute atomic E-state index is 0.0802. The normalized spacial score (nSPS) is 24.4. The van der Waals surface area contributed by atoms with Gasteiger partial charge in [0.1, 0.15) is 11.7 Å². The topological polar surface area (TPSA) is 65.2 Å². The third-order valence-corrected chi connectivity index (χ3v) is 5.91. The second kappa shape index (κ2) is 6.04. The average Bonchev–Trinajstić information content (AvgIpc) is 3.01. The quantitative estimate of drug-likeness (QED) is 0.862. The molecule has 1 aliphatic carbocycles. The summed E-state index contributed by atoms with van der Waals surface area (Å²) in [5.41, 5.74) is 1.30. The van der Waals surface area contributed by atoms with E-state index in [1.807, 2.05) is 25.1 Å². The SMILES string of the molecule is CC[C@H](NC(=O)c1cc2cc(C)ccc2[nH]1)C(=O)N1CC[C@]2(C1)CC2(F)F. The van der Waals surface area contributed by atoms with Gasteiger partial charge in [-0.2, -0.15) is 0 Å². The Morgan fingerprint density at radius 1 is 1.33 bits per heavy atom. The summed E-state index contributed by atoms with van der Waals surface area (Å²) in [5.74, 6) is -3.30. The second-order valence-corrected chi connectivity index (χ2v) is 7.88. The van der Waals surface area contributed by atoms with Crippen LogP contribution in [0.25, 0.3) is 10.9 Å². The number of fused-ring (bicyclic) bond motifs is 1. The molecule has 1 spiro atoms. The molecule has 4 rings (SSSR count). The van der Waals surface area contributed by atoms with E-state index in [0.29, 0.717) is 25.1 Å². The highest BCUT2D eigenvalue weighted by molar-refractivity contribution is 6.00. The van der Waals surface area contributed by atoms with Gasteiger partial charge in [0.2, 0.25) is 5.91 Å². The van der Waals surface area contributed by atoms with Gasteiger partial charge in [-0.05, 0) is 38.0 Å². The minimum Gasteiger partial charge on any atom is -0.351 e. The van der Waals surface area contributed by atoms with Crippen LogP contribution in [0.15, 0.2) is 24.3 Å². The molecule has 7 heteroatoms. The maximum Gasteiger partial charge on any atom is 0.268 e. The number of carbonyl (C=O) groups excluding carboxylic acids is 2. The van der Waals surface area contributed by atoms with Gasteiger partial charge in [-0.15, -0.1) is 0 Å². The minimum atomic E-state index is -2.66. The van der Waals surface area contributed by atoms with Crippen molar-refractivity contribution in [2.24, 2.45) is 5.41 Å². The summed E-state index contributed by atoms with van der Waals surface area (Å²) in [5, 5.41) is 3.68. The van der Waals surface area contributed by atoms with Crippen LogP contribution in [0.4, 0.5) is 8.78 Å². The van der Waals surface area contributed by atoms with Crippen LogP contribution in [0.1, 0.15) is 42.2 Å². The summed E-state index contributed by atoms with van der Waals surface area (Å²) >= 11 is 0. The molecule has 2 N–H and O–H groups in total. The molecule has 1 saturated carbocycles. The molecule has 1 aliphatic heterocycles. The zero-order chi connectivity index (χ0) is 19.4. The number of benzene rings is 1. The van der Waals surface area contributed by atoms with E-state index < -0.39 is 17.4 Å². The van der Waals surface area contributed by atoms with Gasteiger partial charge in [-0.3, -0.25) is 9.59 Å². The molecule has 0 bridgehead atoms. The van der Waals surface area contributed by atoms with E-state index in [1.54, 1.807) is 13.0 Å². The van der Waals surface area contributed by atoms with Crippen molar-refractivity contribution >= 4 is 22.7 Å². The van der Waals surface area contributed by atoms with Crippen LogP contribution in [0.5, 0.6) is 0 Å². The lowest BCUT2D eigenvalue weighted by atomic mass is 10.1. The highest BCUT2D eigenvalue weighted by Crippen LogP contribution is 2.65. The number of likely N-dealkylation sites (tertiary alicyclic amines) is 1. The van der Waals surface area contributed by atoms with Gasteiger partial charge in [-0.1, -0.05) is 18.6 Å². The Morgan fingerprint density at radius 3 is 2.70 bits per heavy atom. The molecule has 144 valence electrons. The highest BCUT2D eigenvalue weighted by atomic mass is 19.3. The first kappa shape index (κ1) is 17.9. The van der Waals surface area contributed by atoms with E-state index in [2.05, 4.69) is 10.3 Å². The summed E-state index contributed by atoms with van der Waals surface area (Å²) < 4.78 is 27.1. The van der Waals surface area contributed by atoms with Crippen molar-refractivity contribution in [3.8, 4) is 0 Å². The number of aromatic amines is 1. The second-order valence-electron chi connectivity index (χ2n) is 7.88. The summed E-state index contributed by atoms with van der Waals surface area (Å²) in [6.45, 7) is 4.18. The van der Waals surface area contributed by atoms with Crippen LogP contribution in [0.2, 0.25) is 0 Å². The third kappa shape index (κ3) is 2.99. The molecule has 1 aromatic carbocycles. The van der Waals surface area contributed by atoms with Crippen LogP contribution < -0.4 is 5.32 Å². The van der Waals surface area contributed by atoms with Gasteiger partial charge in [-0.25, -0.2) is 8.78 Å². The first-order chi connectivity index (χ1) is 12.7. The Kier molecular flexibility index (Phi) is 4.01. The Morgan fingerprint density at radius 2 is 2.07 bits per heavy atom. The number of hydrogen-bond acceptors (Lipinski definition) is 2. The molecule has 5 nitrogen and oxygen atoms in total. The van der Waals surface area contributed by atoms with Crippen LogP contribution in [-0.4, -0.2) is 46.8 Å². The lowest BCUT2D eigenvalue weighted by Crippen LogP contribution is -2.47. The number of carbonyl (C=O) groups is 2. The van der Waals surface area contributed by atoms with Gasteiger partial charge in [0.15, 0.2) is 0 Å². The Balaban J connectivity index is 1.45. The number of nitrogens with one attached hydrogen (secondary N) is 2. The summed E-state index contributed by atoms with van der Waals surface area (Å²) in [4.78, 5) is 29.9. The Labute approximate surface area is 156 Å². The zero-order valence-electron chi connectivity index (χ0n) is 15.4. The molecule has 2 amide bonds. The summed E-state index contributed by atoms with van der Waals surface area (Å²) in [6, 6.07) is 6.88. The fraction of sp³-hybridized carbons (Fsp3) is 0.500. The molecule has 0 radical (unpaired) electrons. The van der Waals surface area contributed by atoms with Crippen molar-refractivity contribution in [3.63, 3.8) is 0 Å². The van der Waals surface area contributed by atoms with Crippen molar-refractivity contribution in [1.29, 1.82) is 0 Å². The first-order valence-corrected chi connectivity index (χ1v) is 9.31. The molecule has 27 heavy (non-hydrogen) atoms. The molecular weight excluding hydrogens is 352 g/mol. The standard InChI is InChI=1S/C20H23F2N3O2/c1-3-14(18(27)25-7-6-19(11-25)10-20(19,21)22)24-17(26)16-9-13-8-12(2)4-5-15(13)23-16/h4-5,8-9,14,23H,3,6-7,10-11H2,1-2H3,(H,24,26)/t14-,19+/m0/s1. The van der Waals surface area contributed by atoms with E-state index in [1.165, 1.54) is 4.90 Å². The monoisotopic (exact) mass is 375 g/mol. The lowest BCUT2D eigenvalue weighted by Gasteiger charge is -2.23. The van der Waals surface area contributed by atoms with E-state index in [4.69, 9.17) is 0 Å². The first-order valence-electron chi connectivity index (χ1n) is 9.31. The zero-order valence-corrected chi connectivity index (χ0v) is 15.4. The van der Waals surface area contributed by atoms with Gasteiger partial charge in [0, 0.05) is 30.4 Å². The number of hydrogen-bond donors (Lipinski definition) is 2. The fourth-order valence-corrected chi connectivity index (χ4v) is 4.05. The average molecular weight is 375 g/mol. The number of halogens is 2. The molecule has 0 unspecified atom stereocenters. The maximum absolute atomic E-state index is 13.6. The van der Waals surface area contributed by atoms with E-state index in [-0.39, 0.29) is 24.8 Å². The molecule has 2 fully saturated rings. The van der Waals surface area contributed by atoms with Crippen LogP contribution in [0.3, 0.4) is 0 Å². The summed E-state index contributed by atoms with van der Waals surface area (Å²) in [7, 11) is 0. The number of H-pyrrole nitrogens is 1. The van der Waals surface area contributed by atoms with Gasteiger partial charge >= 0.3 is 0 Å². The van der Waals surface area contributed by atoms with Crippen LogP contribution >= 0.6 is 0 Å². The number of aryl methyl sites for hydroxylation is 1. The van der Waals surface area contributed by atoms with E-state index in [9.17, 15) is 18.4 Å².